The number of nitrogens with zero attached hydrogens (tertiary/aromatic N) is 3. The summed E-state index contributed by atoms with van der Waals surface area (Å²) in [6.07, 6.45) is 2.40. The second-order valence-electron chi connectivity index (χ2n) is 3.65. The molecule has 2 aromatic rings. The maximum Gasteiger partial charge on any atom is 0.129 e. The third-order valence-corrected chi connectivity index (χ3v) is 2.72. The van der Waals surface area contributed by atoms with Crippen LogP contribution in [0.3, 0.4) is 0 Å². The smallest absolute Gasteiger partial charge is 0.129 e. The Morgan fingerprint density at radius 3 is 2.94 bits per heavy atom. The van der Waals surface area contributed by atoms with Gasteiger partial charge in [0.1, 0.15) is 5.82 Å². The van der Waals surface area contributed by atoms with Gasteiger partial charge in [0, 0.05) is 23.2 Å². The molecule has 0 saturated carbocycles. The predicted octanol–water partition coefficient (Wildman–Crippen LogP) is 1.62. The molecule has 1 heterocycles. The quantitative estimate of drug-likeness (QED) is 0.902. The molecule has 0 aliphatic rings. The van der Waals surface area contributed by atoms with Crippen LogP contribution in [0, 0.1) is 5.82 Å². The molecule has 0 aliphatic heterocycles. The standard InChI is InChI=1S/C11H12ClFN4/c12-10-2-1-3-11(13)9(10)7-17-6-8(4-5-14)15-16-17/h1-3,6H,4-5,7,14H2. The van der Waals surface area contributed by atoms with Crippen LogP contribution < -0.4 is 5.73 Å². The Balaban J connectivity index is 2.19. The minimum atomic E-state index is -0.339. The van der Waals surface area contributed by atoms with Crippen LogP contribution in [0.1, 0.15) is 11.3 Å². The molecule has 4 nitrogen and oxygen atoms in total. The molecule has 2 N–H and O–H groups in total. The van der Waals surface area contributed by atoms with Gasteiger partial charge < -0.3 is 5.73 Å². The van der Waals surface area contributed by atoms with Crippen LogP contribution in [0.15, 0.2) is 24.4 Å². The van der Waals surface area contributed by atoms with E-state index >= 15 is 0 Å². The minimum absolute atomic E-state index is 0.267. The lowest BCUT2D eigenvalue weighted by Crippen LogP contribution is -2.04. The van der Waals surface area contributed by atoms with Gasteiger partial charge in [0.05, 0.1) is 12.2 Å². The molecule has 17 heavy (non-hydrogen) atoms. The molecule has 0 spiro atoms. The molecule has 1 aromatic carbocycles. The molecule has 90 valence electrons. The van der Waals surface area contributed by atoms with Crippen LogP contribution in [-0.2, 0) is 13.0 Å². The monoisotopic (exact) mass is 254 g/mol. The number of rotatable bonds is 4. The summed E-state index contributed by atoms with van der Waals surface area (Å²) in [7, 11) is 0. The molecule has 2 rings (SSSR count). The van der Waals surface area contributed by atoms with E-state index in [2.05, 4.69) is 10.3 Å². The van der Waals surface area contributed by atoms with Gasteiger partial charge in [0.25, 0.3) is 0 Å². The van der Waals surface area contributed by atoms with Gasteiger partial charge in [-0.2, -0.15) is 0 Å². The molecule has 0 saturated heterocycles. The predicted molar refractivity (Wildman–Crippen MR) is 63.3 cm³/mol. The Morgan fingerprint density at radius 2 is 2.24 bits per heavy atom. The zero-order valence-electron chi connectivity index (χ0n) is 9.11. The molecule has 0 radical (unpaired) electrons. The third-order valence-electron chi connectivity index (χ3n) is 2.37. The first-order valence-corrected chi connectivity index (χ1v) is 5.60. The number of hydrogen-bond donors (Lipinski definition) is 1. The number of aromatic nitrogens is 3. The molecule has 6 heteroatoms. The zero-order valence-corrected chi connectivity index (χ0v) is 9.86. The van der Waals surface area contributed by atoms with Crippen molar-refractivity contribution in [1.29, 1.82) is 0 Å². The first-order valence-electron chi connectivity index (χ1n) is 5.22. The molecule has 1 aromatic heterocycles. The summed E-state index contributed by atoms with van der Waals surface area (Å²) < 4.78 is 15.1. The summed E-state index contributed by atoms with van der Waals surface area (Å²) in [5.41, 5.74) is 6.62. The van der Waals surface area contributed by atoms with Gasteiger partial charge in [0.2, 0.25) is 0 Å². The van der Waals surface area contributed by atoms with E-state index in [9.17, 15) is 4.39 Å². The van der Waals surface area contributed by atoms with Gasteiger partial charge in [-0.25, -0.2) is 9.07 Å². The Bertz CT molecular complexity index is 492. The lowest BCUT2D eigenvalue weighted by atomic mass is 10.2. The molecule has 0 atom stereocenters. The van der Waals surface area contributed by atoms with E-state index in [1.165, 1.54) is 6.07 Å². The fraction of sp³-hybridized carbons (Fsp3) is 0.273. The number of nitrogens with two attached hydrogens (primary N) is 1. The fourth-order valence-corrected chi connectivity index (χ4v) is 1.75. The van der Waals surface area contributed by atoms with Gasteiger partial charge >= 0.3 is 0 Å². The highest BCUT2D eigenvalue weighted by atomic mass is 35.5. The van der Waals surface area contributed by atoms with Crippen molar-refractivity contribution in [2.24, 2.45) is 5.73 Å². The van der Waals surface area contributed by atoms with Crippen LogP contribution in [-0.4, -0.2) is 21.5 Å². The lowest BCUT2D eigenvalue weighted by molar-refractivity contribution is 0.577. The summed E-state index contributed by atoms with van der Waals surface area (Å²) in [6.45, 7) is 0.780. The third kappa shape index (κ3) is 2.81. The van der Waals surface area contributed by atoms with Crippen molar-refractivity contribution in [3.63, 3.8) is 0 Å². The summed E-state index contributed by atoms with van der Waals surface area (Å²) in [6, 6.07) is 4.60. The van der Waals surface area contributed by atoms with E-state index in [0.717, 1.165) is 5.69 Å². The molecule has 0 bridgehead atoms. The van der Waals surface area contributed by atoms with Crippen molar-refractivity contribution in [2.45, 2.75) is 13.0 Å². The number of hydrogen-bond acceptors (Lipinski definition) is 3. The maximum atomic E-state index is 13.5. The SMILES string of the molecule is NCCc1cn(Cc2c(F)cccc2Cl)nn1. The minimum Gasteiger partial charge on any atom is -0.330 e. The first kappa shape index (κ1) is 12.0. The highest BCUT2D eigenvalue weighted by molar-refractivity contribution is 6.31. The van der Waals surface area contributed by atoms with E-state index in [4.69, 9.17) is 17.3 Å². The van der Waals surface area contributed by atoms with Gasteiger partial charge in [-0.15, -0.1) is 5.10 Å². The molecule has 0 amide bonds. The highest BCUT2D eigenvalue weighted by Gasteiger charge is 2.08. The molecular weight excluding hydrogens is 243 g/mol. The van der Waals surface area contributed by atoms with Crippen LogP contribution in [0.5, 0.6) is 0 Å². The Kier molecular flexibility index (Phi) is 3.71. The average Bonchev–Trinajstić information content (AvgIpc) is 2.72. The Labute approximate surface area is 103 Å². The average molecular weight is 255 g/mol. The summed E-state index contributed by atoms with van der Waals surface area (Å²) in [5.74, 6) is -0.339. The van der Waals surface area contributed by atoms with Crippen LogP contribution in [0.2, 0.25) is 5.02 Å². The molecular formula is C11H12ClFN4. The number of halogens is 2. The van der Waals surface area contributed by atoms with Gasteiger partial charge in [-0.3, -0.25) is 0 Å². The normalized spacial score (nSPS) is 10.8. The Morgan fingerprint density at radius 1 is 1.41 bits per heavy atom. The van der Waals surface area contributed by atoms with Crippen LogP contribution in [0.4, 0.5) is 4.39 Å². The maximum absolute atomic E-state index is 13.5. The second-order valence-corrected chi connectivity index (χ2v) is 4.05. The van der Waals surface area contributed by atoms with E-state index in [1.54, 1.807) is 23.0 Å². The topological polar surface area (TPSA) is 56.7 Å². The first-order chi connectivity index (χ1) is 8.20. The molecule has 0 aliphatic carbocycles. The van der Waals surface area contributed by atoms with Crippen molar-refractivity contribution in [3.05, 3.63) is 46.5 Å². The number of benzene rings is 1. The summed E-state index contributed by atoms with van der Waals surface area (Å²) in [4.78, 5) is 0. The van der Waals surface area contributed by atoms with Crippen molar-refractivity contribution >= 4 is 11.6 Å². The largest absolute Gasteiger partial charge is 0.330 e. The van der Waals surface area contributed by atoms with E-state index in [-0.39, 0.29) is 12.4 Å². The van der Waals surface area contributed by atoms with Crippen molar-refractivity contribution < 1.29 is 4.39 Å². The van der Waals surface area contributed by atoms with Crippen LogP contribution >= 0.6 is 11.6 Å². The van der Waals surface area contributed by atoms with Crippen LogP contribution in [0.25, 0.3) is 0 Å². The fourth-order valence-electron chi connectivity index (χ4n) is 1.52. The van der Waals surface area contributed by atoms with E-state index in [0.29, 0.717) is 23.6 Å². The molecule has 0 unspecified atom stereocenters. The summed E-state index contributed by atoms with van der Waals surface area (Å²) in [5, 5.41) is 8.22. The molecule has 0 fully saturated rings. The zero-order chi connectivity index (χ0) is 12.3. The highest BCUT2D eigenvalue weighted by Crippen LogP contribution is 2.19. The van der Waals surface area contributed by atoms with Crippen molar-refractivity contribution in [1.82, 2.24) is 15.0 Å². The van der Waals surface area contributed by atoms with E-state index in [1.807, 2.05) is 0 Å². The van der Waals surface area contributed by atoms with E-state index < -0.39 is 0 Å². The Hall–Kier alpha value is -1.46. The summed E-state index contributed by atoms with van der Waals surface area (Å²) >= 11 is 5.93. The second kappa shape index (κ2) is 5.25. The lowest BCUT2D eigenvalue weighted by Gasteiger charge is -2.04. The van der Waals surface area contributed by atoms with Gasteiger partial charge in [-0.1, -0.05) is 22.9 Å². The van der Waals surface area contributed by atoms with Crippen molar-refractivity contribution in [3.8, 4) is 0 Å². The van der Waals surface area contributed by atoms with Gasteiger partial charge in [-0.05, 0) is 18.7 Å². The van der Waals surface area contributed by atoms with Gasteiger partial charge in [0.15, 0.2) is 0 Å². The van der Waals surface area contributed by atoms with Crippen molar-refractivity contribution in [2.75, 3.05) is 6.54 Å².